The van der Waals surface area contributed by atoms with E-state index in [0.29, 0.717) is 6.42 Å². The fourth-order valence-corrected chi connectivity index (χ4v) is 3.01. The predicted molar refractivity (Wildman–Crippen MR) is 101 cm³/mol. The second-order valence-corrected chi connectivity index (χ2v) is 5.72. The van der Waals surface area contributed by atoms with Crippen LogP contribution in [0.25, 0.3) is 32.9 Å². The first-order valence-electron chi connectivity index (χ1n) is 7.93. The van der Waals surface area contributed by atoms with E-state index in [9.17, 15) is 0 Å². The minimum Gasteiger partial charge on any atom is -0.342 e. The molecule has 1 aromatic heterocycles. The number of nitrogens with zero attached hydrogens (tertiary/aromatic N) is 1. The first-order valence-corrected chi connectivity index (χ1v) is 7.93. The van der Waals surface area contributed by atoms with Gasteiger partial charge in [-0.05, 0) is 34.5 Å². The Hall–Kier alpha value is -3.31. The lowest BCUT2D eigenvalue weighted by atomic mass is 10.0. The number of benzene rings is 3. The number of para-hydroxylation sites is 1. The first kappa shape index (κ1) is 14.3. The molecule has 0 amide bonds. The highest BCUT2D eigenvalue weighted by Crippen LogP contribution is 2.29. The average Bonchev–Trinajstić information content (AvgIpc) is 3.04. The van der Waals surface area contributed by atoms with E-state index in [-0.39, 0.29) is 0 Å². The van der Waals surface area contributed by atoms with Crippen LogP contribution in [-0.2, 0) is 6.42 Å². The van der Waals surface area contributed by atoms with Crippen molar-refractivity contribution >= 4 is 21.8 Å². The lowest BCUT2D eigenvalue weighted by Gasteiger charge is -2.05. The second kappa shape index (κ2) is 6.06. The molecule has 0 radical (unpaired) electrons. The molecule has 0 atom stereocenters. The highest BCUT2D eigenvalue weighted by atomic mass is 14.9. The lowest BCUT2D eigenvalue weighted by Crippen LogP contribution is -1.83. The summed E-state index contributed by atoms with van der Waals surface area (Å²) in [6.07, 6.45) is 9.59. The minimum atomic E-state index is 0.704. The van der Waals surface area contributed by atoms with Crippen LogP contribution in [0, 0.1) is 12.3 Å². The Morgan fingerprint density at radius 2 is 1.88 bits per heavy atom. The van der Waals surface area contributed by atoms with Crippen LogP contribution in [0.5, 0.6) is 0 Å². The van der Waals surface area contributed by atoms with Crippen LogP contribution in [0.4, 0.5) is 0 Å². The number of terminal acetylenes is 1. The van der Waals surface area contributed by atoms with Crippen LogP contribution in [0.2, 0.25) is 0 Å². The molecule has 0 saturated heterocycles. The van der Waals surface area contributed by atoms with Crippen molar-refractivity contribution in [3.05, 3.63) is 78.6 Å². The Morgan fingerprint density at radius 1 is 1.00 bits per heavy atom. The molecular weight excluding hydrogens is 292 g/mol. The maximum atomic E-state index is 5.25. The van der Waals surface area contributed by atoms with Crippen molar-refractivity contribution in [2.24, 2.45) is 0 Å². The number of aromatic amines is 1. The molecule has 1 heterocycles. The third-order valence-electron chi connectivity index (χ3n) is 4.15. The van der Waals surface area contributed by atoms with E-state index >= 15 is 0 Å². The molecule has 24 heavy (non-hydrogen) atoms. The van der Waals surface area contributed by atoms with Gasteiger partial charge >= 0.3 is 0 Å². The summed E-state index contributed by atoms with van der Waals surface area (Å²) in [6.45, 7) is 0. The summed E-state index contributed by atoms with van der Waals surface area (Å²) < 4.78 is 0. The molecule has 0 aliphatic carbocycles. The van der Waals surface area contributed by atoms with E-state index in [1.807, 2.05) is 6.08 Å². The molecule has 3 aromatic carbocycles. The zero-order valence-electron chi connectivity index (χ0n) is 13.2. The van der Waals surface area contributed by atoms with Crippen LogP contribution < -0.4 is 0 Å². The lowest BCUT2D eigenvalue weighted by molar-refractivity contribution is 1.07. The smallest absolute Gasteiger partial charge is 0.111 e. The third-order valence-corrected chi connectivity index (χ3v) is 4.15. The van der Waals surface area contributed by atoms with Crippen molar-refractivity contribution < 1.29 is 0 Å². The van der Waals surface area contributed by atoms with Crippen LogP contribution in [-0.4, -0.2) is 9.97 Å². The fourth-order valence-electron chi connectivity index (χ4n) is 3.01. The molecule has 0 unspecified atom stereocenters. The Balaban J connectivity index is 1.82. The van der Waals surface area contributed by atoms with Crippen molar-refractivity contribution in [2.45, 2.75) is 6.42 Å². The Kier molecular flexibility index (Phi) is 3.61. The van der Waals surface area contributed by atoms with Crippen LogP contribution in [0.15, 0.2) is 72.8 Å². The Labute approximate surface area is 140 Å². The highest BCUT2D eigenvalue weighted by Gasteiger charge is 2.09. The molecule has 2 heteroatoms. The van der Waals surface area contributed by atoms with Crippen molar-refractivity contribution in [1.82, 2.24) is 9.97 Å². The summed E-state index contributed by atoms with van der Waals surface area (Å²) in [6, 6.07) is 21.2. The molecule has 0 bridgehead atoms. The standard InChI is InChI=1S/C22H16N2/c1-2-3-4-12-21-23-20-11-7-10-19(22(20)24-21)18-14-13-16-8-5-6-9-17(16)15-18/h1,3-11,13-15H,12H2,(H,23,24). The molecule has 0 aliphatic heterocycles. The summed E-state index contributed by atoms with van der Waals surface area (Å²) in [5.41, 5.74) is 4.36. The maximum absolute atomic E-state index is 5.25. The maximum Gasteiger partial charge on any atom is 0.111 e. The van der Waals surface area contributed by atoms with E-state index in [1.165, 1.54) is 16.3 Å². The van der Waals surface area contributed by atoms with Gasteiger partial charge in [-0.15, -0.1) is 6.42 Å². The summed E-state index contributed by atoms with van der Waals surface area (Å²) in [4.78, 5) is 8.14. The summed E-state index contributed by atoms with van der Waals surface area (Å²) in [7, 11) is 0. The normalized spacial score (nSPS) is 11.3. The number of allylic oxidation sites excluding steroid dienone is 2. The molecule has 0 spiro atoms. The molecule has 2 nitrogen and oxygen atoms in total. The number of rotatable bonds is 3. The molecule has 4 aromatic rings. The number of hydrogen-bond donors (Lipinski definition) is 1. The number of H-pyrrole nitrogens is 1. The van der Waals surface area contributed by atoms with Crippen LogP contribution >= 0.6 is 0 Å². The monoisotopic (exact) mass is 308 g/mol. The number of aromatic nitrogens is 2. The number of imidazole rings is 1. The van der Waals surface area contributed by atoms with Gasteiger partial charge in [0.1, 0.15) is 5.82 Å². The van der Waals surface area contributed by atoms with Gasteiger partial charge in [-0.3, -0.25) is 0 Å². The summed E-state index contributed by atoms with van der Waals surface area (Å²) >= 11 is 0. The average molecular weight is 308 g/mol. The molecule has 114 valence electrons. The van der Waals surface area contributed by atoms with E-state index in [0.717, 1.165) is 22.4 Å². The molecule has 0 aliphatic rings. The van der Waals surface area contributed by atoms with Crippen LogP contribution in [0.3, 0.4) is 0 Å². The minimum absolute atomic E-state index is 0.704. The number of nitrogens with one attached hydrogen (secondary N) is 1. The van der Waals surface area contributed by atoms with Gasteiger partial charge < -0.3 is 4.98 Å². The van der Waals surface area contributed by atoms with Gasteiger partial charge in [0.15, 0.2) is 0 Å². The van der Waals surface area contributed by atoms with E-state index < -0.39 is 0 Å². The number of fused-ring (bicyclic) bond motifs is 2. The predicted octanol–water partition coefficient (Wildman–Crippen LogP) is 5.12. The Bertz CT molecular complexity index is 1090. The van der Waals surface area contributed by atoms with Gasteiger partial charge in [-0.1, -0.05) is 60.5 Å². The van der Waals surface area contributed by atoms with Gasteiger partial charge in [0.05, 0.1) is 11.0 Å². The van der Waals surface area contributed by atoms with Crippen LogP contribution in [0.1, 0.15) is 5.82 Å². The first-order chi connectivity index (χ1) is 11.8. The number of hydrogen-bond acceptors (Lipinski definition) is 1. The van der Waals surface area contributed by atoms with Gasteiger partial charge in [0.25, 0.3) is 0 Å². The zero-order valence-corrected chi connectivity index (χ0v) is 13.2. The van der Waals surface area contributed by atoms with Crippen molar-refractivity contribution in [3.8, 4) is 23.5 Å². The third kappa shape index (κ3) is 2.57. The zero-order chi connectivity index (χ0) is 16.4. The Morgan fingerprint density at radius 3 is 2.75 bits per heavy atom. The van der Waals surface area contributed by atoms with Gasteiger partial charge in [-0.25, -0.2) is 4.98 Å². The molecule has 0 saturated carbocycles. The quantitative estimate of drug-likeness (QED) is 0.523. The van der Waals surface area contributed by atoms with Gasteiger partial charge in [0, 0.05) is 12.0 Å². The molecule has 1 N–H and O–H groups in total. The van der Waals surface area contributed by atoms with E-state index in [1.54, 1.807) is 6.08 Å². The summed E-state index contributed by atoms with van der Waals surface area (Å²) in [5.74, 6) is 3.42. The van der Waals surface area contributed by atoms with Gasteiger partial charge in [0.2, 0.25) is 0 Å². The van der Waals surface area contributed by atoms with Gasteiger partial charge in [-0.2, -0.15) is 0 Å². The molecular formula is C22H16N2. The van der Waals surface area contributed by atoms with E-state index in [2.05, 4.69) is 71.6 Å². The molecule has 4 rings (SSSR count). The largest absolute Gasteiger partial charge is 0.342 e. The van der Waals surface area contributed by atoms with E-state index in [4.69, 9.17) is 11.4 Å². The SMILES string of the molecule is C#CC=CCc1nc2c(-c3ccc4ccccc4c3)cccc2[nH]1. The fraction of sp³-hybridized carbons (Fsp3) is 0.0455. The summed E-state index contributed by atoms with van der Waals surface area (Å²) in [5, 5.41) is 2.48. The molecule has 0 fully saturated rings. The van der Waals surface area contributed by atoms with Crippen molar-refractivity contribution in [1.29, 1.82) is 0 Å². The second-order valence-electron chi connectivity index (χ2n) is 5.72. The van der Waals surface area contributed by atoms with Crippen molar-refractivity contribution in [3.63, 3.8) is 0 Å². The topological polar surface area (TPSA) is 28.7 Å². The highest BCUT2D eigenvalue weighted by molar-refractivity contribution is 5.95. The van der Waals surface area contributed by atoms with Crippen molar-refractivity contribution in [2.75, 3.05) is 0 Å².